The number of carbonyl (C=O) groups is 3. The maximum Gasteiger partial charge on any atom is 0.471 e. The van der Waals surface area contributed by atoms with Gasteiger partial charge in [0.1, 0.15) is 11.6 Å². The molecule has 0 spiro atoms. The minimum Gasteiger partial charge on any atom is -0.338 e. The van der Waals surface area contributed by atoms with Gasteiger partial charge in [0, 0.05) is 43.0 Å². The minimum absolute atomic E-state index is 0.00335. The molecule has 0 aliphatic heterocycles. The topological polar surface area (TPSA) is 54.5 Å². The Labute approximate surface area is 198 Å². The van der Waals surface area contributed by atoms with Crippen LogP contribution in [0.1, 0.15) is 71.6 Å². The Bertz CT molecular complexity index is 817. The molecule has 0 aromatic carbocycles. The van der Waals surface area contributed by atoms with Crippen molar-refractivity contribution in [3.63, 3.8) is 0 Å². The third kappa shape index (κ3) is 4.38. The molecule has 4 rings (SSSR count). The highest BCUT2D eigenvalue weighted by Crippen LogP contribution is 2.65. The smallest absolute Gasteiger partial charge is 0.338 e. The van der Waals surface area contributed by atoms with Gasteiger partial charge >= 0.3 is 12.1 Å². The number of nitrogens with zero attached hydrogens (tertiary/aromatic N) is 1. The molecule has 4 saturated carbocycles. The first-order valence-electron chi connectivity index (χ1n) is 12.4. The number of Topliss-reactive ketones (excluding diaryl/α,β-unsaturated/α-hetero) is 2. The van der Waals surface area contributed by atoms with Gasteiger partial charge in [-0.05, 0) is 73.9 Å². The van der Waals surface area contributed by atoms with Gasteiger partial charge in [-0.25, -0.2) is 0 Å². The van der Waals surface area contributed by atoms with E-state index in [2.05, 4.69) is 13.8 Å². The van der Waals surface area contributed by atoms with Gasteiger partial charge in [-0.15, -0.1) is 0 Å². The summed E-state index contributed by atoms with van der Waals surface area (Å²) in [5.41, 5.74) is -0.221. The van der Waals surface area contributed by atoms with Crippen LogP contribution < -0.4 is 0 Å². The van der Waals surface area contributed by atoms with E-state index >= 15 is 0 Å². The Hall–Kier alpha value is -1.05. The van der Waals surface area contributed by atoms with Crippen LogP contribution in [0.5, 0.6) is 0 Å². The second kappa shape index (κ2) is 8.87. The maximum absolute atomic E-state index is 13.4. The first-order valence-corrected chi connectivity index (χ1v) is 13.4. The predicted molar refractivity (Wildman–Crippen MR) is 122 cm³/mol. The van der Waals surface area contributed by atoms with Crippen LogP contribution in [0.25, 0.3) is 0 Å². The molecule has 4 aliphatic rings. The second-order valence-corrected chi connectivity index (χ2v) is 12.8. The van der Waals surface area contributed by atoms with Gasteiger partial charge in [-0.2, -0.15) is 24.9 Å². The van der Waals surface area contributed by atoms with Gasteiger partial charge in [0.05, 0.1) is 0 Å². The van der Waals surface area contributed by atoms with Crippen molar-refractivity contribution in [3.8, 4) is 0 Å². The van der Waals surface area contributed by atoms with E-state index in [1.54, 1.807) is 11.8 Å². The Balaban J connectivity index is 1.33. The molecule has 4 nitrogen and oxygen atoms in total. The summed E-state index contributed by atoms with van der Waals surface area (Å²) in [6, 6.07) is 0. The normalized spacial score (nSPS) is 40.7. The quantitative estimate of drug-likeness (QED) is 0.495. The number of amides is 1. The molecule has 186 valence electrons. The van der Waals surface area contributed by atoms with Gasteiger partial charge in [0.2, 0.25) is 0 Å². The second-order valence-electron chi connectivity index (χ2n) is 11.4. The number of rotatable bonds is 5. The highest BCUT2D eigenvalue weighted by Gasteiger charge is 2.62. The fourth-order valence-electron chi connectivity index (χ4n) is 7.80. The van der Waals surface area contributed by atoms with E-state index in [-0.39, 0.29) is 23.3 Å². The Kier molecular flexibility index (Phi) is 6.73. The summed E-state index contributed by atoms with van der Waals surface area (Å²) in [4.78, 5) is 37.9. The van der Waals surface area contributed by atoms with Crippen LogP contribution >= 0.6 is 11.8 Å². The molecule has 8 heteroatoms. The van der Waals surface area contributed by atoms with Gasteiger partial charge in [-0.3, -0.25) is 14.4 Å². The van der Waals surface area contributed by atoms with E-state index in [1.165, 1.54) is 7.05 Å². The molecule has 7 atom stereocenters. The summed E-state index contributed by atoms with van der Waals surface area (Å²) in [5.74, 6) is 0.918. The lowest BCUT2D eigenvalue weighted by molar-refractivity contribution is -0.184. The molecule has 1 amide bonds. The monoisotopic (exact) mass is 487 g/mol. The number of fused-ring (bicyclic) bond motifs is 5. The van der Waals surface area contributed by atoms with Crippen molar-refractivity contribution in [1.82, 2.24) is 4.90 Å². The molecular weight excluding hydrogens is 451 g/mol. The van der Waals surface area contributed by atoms with Crippen molar-refractivity contribution in [2.75, 3.05) is 19.3 Å². The number of hydrogen-bond acceptors (Lipinski definition) is 4. The highest BCUT2D eigenvalue weighted by molar-refractivity contribution is 7.99. The van der Waals surface area contributed by atoms with E-state index in [9.17, 15) is 27.6 Å². The van der Waals surface area contributed by atoms with Crippen molar-refractivity contribution >= 4 is 29.2 Å². The van der Waals surface area contributed by atoms with Crippen LogP contribution in [0.15, 0.2) is 0 Å². The molecule has 0 bridgehead atoms. The largest absolute Gasteiger partial charge is 0.471 e. The zero-order valence-corrected chi connectivity index (χ0v) is 20.7. The molecule has 0 aromatic rings. The third-order valence-electron chi connectivity index (χ3n) is 9.70. The fourth-order valence-corrected chi connectivity index (χ4v) is 9.04. The molecule has 0 heterocycles. The van der Waals surface area contributed by atoms with Crippen molar-refractivity contribution < 1.29 is 27.6 Å². The summed E-state index contributed by atoms with van der Waals surface area (Å²) in [6.07, 6.45) is 2.78. The van der Waals surface area contributed by atoms with Gasteiger partial charge < -0.3 is 4.90 Å². The highest BCUT2D eigenvalue weighted by atomic mass is 32.2. The fraction of sp³-hybridized carbons (Fsp3) is 0.880. The lowest BCUT2D eigenvalue weighted by atomic mass is 9.45. The molecular formula is C25H36F3NO3S. The maximum atomic E-state index is 13.4. The molecule has 4 fully saturated rings. The lowest BCUT2D eigenvalue weighted by Gasteiger charge is -2.59. The number of halogens is 3. The number of hydrogen-bond donors (Lipinski definition) is 0. The van der Waals surface area contributed by atoms with Crippen LogP contribution in [0, 0.1) is 34.5 Å². The lowest BCUT2D eigenvalue weighted by Crippen LogP contribution is -2.56. The van der Waals surface area contributed by atoms with Crippen molar-refractivity contribution in [2.45, 2.75) is 83.1 Å². The molecule has 0 N–H and O–H groups in total. The molecule has 4 aliphatic carbocycles. The SMILES string of the molecule is CN(CCCSC1CC[C@@]2(C)C(C1)C(=O)C[C@@H]1[C@H]2CC[C@]2(C)C(=O)CC[C@@H]12)C(=O)C(F)(F)F. The van der Waals surface area contributed by atoms with Crippen molar-refractivity contribution in [3.05, 3.63) is 0 Å². The molecule has 0 aromatic heterocycles. The Morgan fingerprint density at radius 3 is 2.55 bits per heavy atom. The number of carbonyl (C=O) groups excluding carboxylic acids is 3. The molecule has 0 saturated heterocycles. The number of alkyl halides is 3. The van der Waals surface area contributed by atoms with Crippen molar-refractivity contribution in [2.24, 2.45) is 34.5 Å². The molecule has 2 unspecified atom stereocenters. The van der Waals surface area contributed by atoms with Gasteiger partial charge in [-0.1, -0.05) is 13.8 Å². The first-order chi connectivity index (χ1) is 15.4. The molecule has 33 heavy (non-hydrogen) atoms. The van der Waals surface area contributed by atoms with E-state index in [0.29, 0.717) is 59.6 Å². The zero-order valence-electron chi connectivity index (χ0n) is 19.9. The van der Waals surface area contributed by atoms with Gasteiger partial charge in [0.25, 0.3) is 0 Å². The van der Waals surface area contributed by atoms with Crippen molar-refractivity contribution in [1.29, 1.82) is 0 Å². The summed E-state index contributed by atoms with van der Waals surface area (Å²) in [7, 11) is 1.19. The summed E-state index contributed by atoms with van der Waals surface area (Å²) in [5, 5.41) is 0.342. The molecule has 0 radical (unpaired) electrons. The standard InChI is InChI=1S/C25H36F3NO3S/c1-23-9-7-15(33-12-4-11-29(3)22(32)25(26,27)28)13-19(23)20(30)14-16-17-5-6-21(31)24(17,2)10-8-18(16)23/h15-19H,4-14H2,1-3H3/t15?,16-,17-,18+,19?,23+,24-/m0/s1. The van der Waals surface area contributed by atoms with Crippen LogP contribution in [0.2, 0.25) is 0 Å². The number of thioether (sulfide) groups is 1. The number of ketones is 2. The Morgan fingerprint density at radius 2 is 1.85 bits per heavy atom. The average molecular weight is 488 g/mol. The van der Waals surface area contributed by atoms with Crippen LogP contribution in [-0.2, 0) is 14.4 Å². The van der Waals surface area contributed by atoms with Crippen LogP contribution in [0.4, 0.5) is 13.2 Å². The summed E-state index contributed by atoms with van der Waals surface area (Å²) in [6.45, 7) is 4.53. The van der Waals surface area contributed by atoms with E-state index in [4.69, 9.17) is 0 Å². The third-order valence-corrected chi connectivity index (χ3v) is 11.1. The Morgan fingerprint density at radius 1 is 1.12 bits per heavy atom. The summed E-state index contributed by atoms with van der Waals surface area (Å²) >= 11 is 1.74. The first kappa shape index (κ1) is 25.1. The summed E-state index contributed by atoms with van der Waals surface area (Å²) < 4.78 is 37.5. The predicted octanol–water partition coefficient (Wildman–Crippen LogP) is 5.29. The van der Waals surface area contributed by atoms with E-state index in [1.807, 2.05) is 0 Å². The average Bonchev–Trinajstić information content (AvgIpc) is 3.05. The van der Waals surface area contributed by atoms with Crippen LogP contribution in [-0.4, -0.2) is 53.1 Å². The minimum atomic E-state index is -4.82. The van der Waals surface area contributed by atoms with E-state index < -0.39 is 12.1 Å². The van der Waals surface area contributed by atoms with E-state index in [0.717, 1.165) is 43.4 Å². The zero-order chi connectivity index (χ0) is 24.2. The van der Waals surface area contributed by atoms with Gasteiger partial charge in [0.15, 0.2) is 0 Å². The van der Waals surface area contributed by atoms with Crippen LogP contribution in [0.3, 0.4) is 0 Å².